The molecule has 0 saturated heterocycles. The zero-order chi connectivity index (χ0) is 22.7. The molecule has 2 aromatic carbocycles. The molecule has 0 radical (unpaired) electrons. The summed E-state index contributed by atoms with van der Waals surface area (Å²) in [7, 11) is 0. The zero-order valence-electron chi connectivity index (χ0n) is 16.3. The SMILES string of the molecule is Cc1c(C(=O)O)c2cc(O)ccc2n1Cc1cccs1.NC(=O)c1cc(F)cc(F)c1. The molecule has 0 unspecified atom stereocenters. The summed E-state index contributed by atoms with van der Waals surface area (Å²) in [5.41, 5.74) is 6.40. The predicted octanol–water partition coefficient (Wildman–Crippen LogP) is 4.53. The molecule has 9 heteroatoms. The van der Waals surface area contributed by atoms with Crippen molar-refractivity contribution >= 4 is 34.1 Å². The number of hydrogen-bond donors (Lipinski definition) is 3. The van der Waals surface area contributed by atoms with Crippen molar-refractivity contribution in [2.45, 2.75) is 13.5 Å². The Morgan fingerprint density at radius 2 is 1.77 bits per heavy atom. The average Bonchev–Trinajstić information content (AvgIpc) is 3.28. The number of carboxylic acids is 1. The molecule has 160 valence electrons. The van der Waals surface area contributed by atoms with Crippen molar-refractivity contribution in [2.24, 2.45) is 5.73 Å². The fourth-order valence-corrected chi connectivity index (χ4v) is 3.89. The van der Waals surface area contributed by atoms with Gasteiger partial charge in [-0.15, -0.1) is 11.3 Å². The molecule has 2 aromatic heterocycles. The fourth-order valence-electron chi connectivity index (χ4n) is 3.20. The van der Waals surface area contributed by atoms with Gasteiger partial charge in [0.05, 0.1) is 12.1 Å². The molecule has 0 atom stereocenters. The molecule has 0 aliphatic heterocycles. The fraction of sp³-hybridized carbons (Fsp3) is 0.0909. The lowest BCUT2D eigenvalue weighted by Gasteiger charge is -2.06. The number of halogens is 2. The molecular weight excluding hydrogens is 426 g/mol. The number of carbonyl (C=O) groups is 2. The number of primary amides is 1. The maximum atomic E-state index is 12.3. The highest BCUT2D eigenvalue weighted by Gasteiger charge is 2.20. The third kappa shape index (κ3) is 4.89. The topological polar surface area (TPSA) is 106 Å². The summed E-state index contributed by atoms with van der Waals surface area (Å²) >= 11 is 1.64. The highest BCUT2D eigenvalue weighted by Crippen LogP contribution is 2.30. The highest BCUT2D eigenvalue weighted by molar-refractivity contribution is 7.09. The molecular formula is C22H18F2N2O4S. The average molecular weight is 444 g/mol. The lowest BCUT2D eigenvalue weighted by molar-refractivity contribution is 0.0697. The van der Waals surface area contributed by atoms with E-state index in [0.29, 0.717) is 23.7 Å². The maximum Gasteiger partial charge on any atom is 0.338 e. The Morgan fingerprint density at radius 1 is 1.10 bits per heavy atom. The third-order valence-corrected chi connectivity index (χ3v) is 5.42. The number of aromatic nitrogens is 1. The van der Waals surface area contributed by atoms with Crippen molar-refractivity contribution in [3.8, 4) is 5.75 Å². The summed E-state index contributed by atoms with van der Waals surface area (Å²) in [4.78, 5) is 23.0. The summed E-state index contributed by atoms with van der Waals surface area (Å²) in [6, 6.07) is 11.3. The standard InChI is InChI=1S/C15H13NO3S.C7H5F2NO/c1-9-14(15(18)19)12-7-10(17)4-5-13(12)16(9)8-11-3-2-6-20-11;8-5-1-4(7(10)11)2-6(9)3-5/h2-7,17H,8H2,1H3,(H,18,19);1-3H,(H2,10,11). The Hall–Kier alpha value is -3.72. The van der Waals surface area contributed by atoms with Gasteiger partial charge in [0.25, 0.3) is 0 Å². The van der Waals surface area contributed by atoms with Gasteiger partial charge in [0, 0.05) is 33.1 Å². The first-order valence-corrected chi connectivity index (χ1v) is 9.88. The smallest absolute Gasteiger partial charge is 0.338 e. The number of phenols is 1. The van der Waals surface area contributed by atoms with E-state index in [1.807, 2.05) is 22.1 Å². The molecule has 4 aromatic rings. The molecule has 0 aliphatic rings. The monoisotopic (exact) mass is 444 g/mol. The summed E-state index contributed by atoms with van der Waals surface area (Å²) in [5.74, 6) is -3.35. The van der Waals surface area contributed by atoms with Crippen LogP contribution in [0.1, 0.15) is 31.3 Å². The van der Waals surface area contributed by atoms with Crippen LogP contribution in [-0.4, -0.2) is 26.7 Å². The molecule has 4 rings (SSSR count). The number of carbonyl (C=O) groups excluding carboxylic acids is 1. The van der Waals surface area contributed by atoms with Crippen LogP contribution in [0, 0.1) is 18.6 Å². The predicted molar refractivity (Wildman–Crippen MR) is 114 cm³/mol. The number of amides is 1. The van der Waals surface area contributed by atoms with Crippen LogP contribution in [0.2, 0.25) is 0 Å². The van der Waals surface area contributed by atoms with E-state index in [1.165, 1.54) is 6.07 Å². The van der Waals surface area contributed by atoms with Crippen molar-refractivity contribution in [3.63, 3.8) is 0 Å². The Bertz CT molecular complexity index is 1250. The number of hydrogen-bond acceptors (Lipinski definition) is 4. The lowest BCUT2D eigenvalue weighted by Crippen LogP contribution is -2.11. The Labute approximate surface area is 179 Å². The van der Waals surface area contributed by atoms with Crippen molar-refractivity contribution in [2.75, 3.05) is 0 Å². The Balaban J connectivity index is 0.000000210. The number of aromatic carboxylic acids is 1. The van der Waals surface area contributed by atoms with Gasteiger partial charge in [-0.05, 0) is 48.7 Å². The Kier molecular flexibility index (Phi) is 6.36. The van der Waals surface area contributed by atoms with Crippen LogP contribution in [0.15, 0.2) is 53.9 Å². The first-order chi connectivity index (χ1) is 14.7. The first-order valence-electron chi connectivity index (χ1n) is 9.00. The van der Waals surface area contributed by atoms with Crippen LogP contribution in [0.4, 0.5) is 8.78 Å². The van der Waals surface area contributed by atoms with E-state index in [4.69, 9.17) is 5.73 Å². The zero-order valence-corrected chi connectivity index (χ0v) is 17.1. The number of rotatable bonds is 4. The van der Waals surface area contributed by atoms with Gasteiger partial charge in [0.15, 0.2) is 0 Å². The van der Waals surface area contributed by atoms with E-state index in [9.17, 15) is 28.6 Å². The number of thiophene rings is 1. The Morgan fingerprint density at radius 3 is 2.32 bits per heavy atom. The number of aromatic hydroxyl groups is 1. The van der Waals surface area contributed by atoms with E-state index in [1.54, 1.807) is 30.4 Å². The second kappa shape index (κ2) is 8.97. The molecule has 0 saturated carbocycles. The van der Waals surface area contributed by atoms with E-state index in [2.05, 4.69) is 0 Å². The van der Waals surface area contributed by atoms with Crippen LogP contribution < -0.4 is 5.73 Å². The molecule has 31 heavy (non-hydrogen) atoms. The van der Waals surface area contributed by atoms with Crippen molar-refractivity contribution in [3.05, 3.63) is 87.2 Å². The summed E-state index contributed by atoms with van der Waals surface area (Å²) in [6.07, 6.45) is 0. The second-order valence-corrected chi connectivity index (χ2v) is 7.69. The van der Waals surface area contributed by atoms with E-state index >= 15 is 0 Å². The van der Waals surface area contributed by atoms with Crippen molar-refractivity contribution in [1.29, 1.82) is 0 Å². The molecule has 0 fully saturated rings. The van der Waals surface area contributed by atoms with Crippen LogP contribution in [0.5, 0.6) is 5.75 Å². The van der Waals surface area contributed by atoms with Gasteiger partial charge >= 0.3 is 5.97 Å². The quantitative estimate of drug-likeness (QED) is 0.430. The van der Waals surface area contributed by atoms with Gasteiger partial charge in [0.2, 0.25) is 5.91 Å². The summed E-state index contributed by atoms with van der Waals surface area (Å²) in [5, 5.41) is 21.6. The van der Waals surface area contributed by atoms with Gasteiger partial charge < -0.3 is 20.5 Å². The number of benzene rings is 2. The summed E-state index contributed by atoms with van der Waals surface area (Å²) in [6.45, 7) is 2.44. The van der Waals surface area contributed by atoms with Crippen LogP contribution in [0.25, 0.3) is 10.9 Å². The van der Waals surface area contributed by atoms with Gasteiger partial charge in [0.1, 0.15) is 17.4 Å². The molecule has 0 bridgehead atoms. The number of phenolic OH excluding ortho intramolecular Hbond substituents is 1. The number of fused-ring (bicyclic) bond motifs is 1. The number of carboxylic acid groups (broad SMARTS) is 1. The van der Waals surface area contributed by atoms with Crippen LogP contribution in [0.3, 0.4) is 0 Å². The van der Waals surface area contributed by atoms with Crippen molar-refractivity contribution in [1.82, 2.24) is 4.57 Å². The molecule has 2 heterocycles. The second-order valence-electron chi connectivity index (χ2n) is 6.65. The minimum Gasteiger partial charge on any atom is -0.508 e. The largest absolute Gasteiger partial charge is 0.508 e. The molecule has 4 N–H and O–H groups in total. The van der Waals surface area contributed by atoms with E-state index in [0.717, 1.165) is 22.5 Å². The highest BCUT2D eigenvalue weighted by atomic mass is 32.1. The van der Waals surface area contributed by atoms with Gasteiger partial charge in [-0.1, -0.05) is 6.07 Å². The minimum absolute atomic E-state index is 0.0771. The van der Waals surface area contributed by atoms with Crippen LogP contribution >= 0.6 is 11.3 Å². The van der Waals surface area contributed by atoms with Gasteiger partial charge in [-0.25, -0.2) is 13.6 Å². The molecule has 0 aliphatic carbocycles. The normalized spacial score (nSPS) is 10.5. The minimum atomic E-state index is -0.969. The van der Waals surface area contributed by atoms with Gasteiger partial charge in [-0.2, -0.15) is 0 Å². The van der Waals surface area contributed by atoms with E-state index < -0.39 is 23.5 Å². The van der Waals surface area contributed by atoms with Crippen molar-refractivity contribution < 1.29 is 28.6 Å². The third-order valence-electron chi connectivity index (χ3n) is 4.56. The van der Waals surface area contributed by atoms with E-state index in [-0.39, 0.29) is 16.9 Å². The summed E-state index contributed by atoms with van der Waals surface area (Å²) < 4.78 is 26.7. The number of nitrogens with zero attached hydrogens (tertiary/aromatic N) is 1. The molecule has 0 spiro atoms. The van der Waals surface area contributed by atoms with Gasteiger partial charge in [-0.3, -0.25) is 4.79 Å². The molecule has 6 nitrogen and oxygen atoms in total. The maximum absolute atomic E-state index is 12.3. The number of nitrogens with two attached hydrogens (primary N) is 1. The first kappa shape index (κ1) is 22.0. The molecule has 1 amide bonds. The van der Waals surface area contributed by atoms with Crippen LogP contribution in [-0.2, 0) is 6.54 Å². The lowest BCUT2D eigenvalue weighted by atomic mass is 10.1.